The molecule has 2 amide bonds. The van der Waals surface area contributed by atoms with Crippen LogP contribution in [0, 0.1) is 12.8 Å². The van der Waals surface area contributed by atoms with Gasteiger partial charge in [0.15, 0.2) is 0 Å². The highest BCUT2D eigenvalue weighted by atomic mass is 16.4. The van der Waals surface area contributed by atoms with Crippen molar-refractivity contribution in [2.45, 2.75) is 19.8 Å². The van der Waals surface area contributed by atoms with Crippen LogP contribution in [0.1, 0.15) is 18.6 Å². The third-order valence-corrected chi connectivity index (χ3v) is 2.93. The minimum atomic E-state index is -0.204. The van der Waals surface area contributed by atoms with Crippen LogP contribution in [0.15, 0.2) is 16.5 Å². The van der Waals surface area contributed by atoms with Crippen LogP contribution in [0.5, 0.6) is 0 Å². The van der Waals surface area contributed by atoms with Crippen LogP contribution >= 0.6 is 0 Å². The maximum absolute atomic E-state index is 11.6. The molecule has 0 saturated carbocycles. The number of urea groups is 1. The van der Waals surface area contributed by atoms with Crippen molar-refractivity contribution in [2.24, 2.45) is 5.92 Å². The van der Waals surface area contributed by atoms with Gasteiger partial charge in [-0.25, -0.2) is 4.79 Å². The van der Waals surface area contributed by atoms with Gasteiger partial charge in [0.1, 0.15) is 5.76 Å². The Morgan fingerprint density at radius 2 is 2.47 bits per heavy atom. The maximum atomic E-state index is 11.6. The lowest BCUT2D eigenvalue weighted by molar-refractivity contribution is 0.247. The zero-order chi connectivity index (χ0) is 12.1. The topological polar surface area (TPSA) is 66.3 Å². The summed E-state index contributed by atoms with van der Waals surface area (Å²) in [5, 5.41) is 8.85. The molecular weight excluding hydrogens is 218 g/mol. The van der Waals surface area contributed by atoms with E-state index in [0.717, 1.165) is 18.8 Å². The first-order chi connectivity index (χ1) is 8.24. The third kappa shape index (κ3) is 3.78. The first-order valence-corrected chi connectivity index (χ1v) is 6.06. The van der Waals surface area contributed by atoms with Gasteiger partial charge in [-0.15, -0.1) is 0 Å². The average molecular weight is 237 g/mol. The molecule has 1 saturated heterocycles. The second-order valence-electron chi connectivity index (χ2n) is 4.46. The number of carbonyl (C=O) groups is 1. The molecule has 94 valence electrons. The lowest BCUT2D eigenvalue weighted by Crippen LogP contribution is -2.39. The van der Waals surface area contributed by atoms with Crippen LogP contribution in [-0.2, 0) is 0 Å². The normalized spacial score (nSPS) is 19.9. The van der Waals surface area contributed by atoms with Crippen molar-refractivity contribution in [2.75, 3.05) is 25.0 Å². The molecule has 2 rings (SSSR count). The number of hydrogen-bond acceptors (Lipinski definition) is 3. The molecule has 0 aliphatic carbocycles. The molecule has 0 aromatic carbocycles. The molecule has 1 aromatic rings. The van der Waals surface area contributed by atoms with Crippen molar-refractivity contribution < 1.29 is 9.21 Å². The molecule has 1 aliphatic heterocycles. The van der Waals surface area contributed by atoms with E-state index in [1.54, 1.807) is 6.07 Å². The van der Waals surface area contributed by atoms with Crippen LogP contribution in [-0.4, -0.2) is 25.7 Å². The number of anilines is 1. The molecule has 1 aromatic heterocycles. The standard InChI is InChI=1S/C12H19N3O2/c1-9-4-5-11(17-9)15-12(16)14-8-10-3-2-6-13-7-10/h4-5,10,13H,2-3,6-8H2,1H3,(H2,14,15,16). The highest BCUT2D eigenvalue weighted by Gasteiger charge is 2.14. The van der Waals surface area contributed by atoms with Gasteiger partial charge in [0.25, 0.3) is 0 Å². The summed E-state index contributed by atoms with van der Waals surface area (Å²) in [5.41, 5.74) is 0. The fraction of sp³-hybridized carbons (Fsp3) is 0.583. The lowest BCUT2D eigenvalue weighted by atomic mass is 10.00. The van der Waals surface area contributed by atoms with Crippen molar-refractivity contribution >= 4 is 11.9 Å². The van der Waals surface area contributed by atoms with E-state index in [2.05, 4.69) is 16.0 Å². The zero-order valence-electron chi connectivity index (χ0n) is 10.1. The van der Waals surface area contributed by atoms with Crippen LogP contribution in [0.25, 0.3) is 0 Å². The predicted octanol–water partition coefficient (Wildman–Crippen LogP) is 1.71. The number of amides is 2. The smallest absolute Gasteiger partial charge is 0.321 e. The predicted molar refractivity (Wildman–Crippen MR) is 66.1 cm³/mol. The van der Waals surface area contributed by atoms with Crippen molar-refractivity contribution in [3.63, 3.8) is 0 Å². The Balaban J connectivity index is 1.70. The third-order valence-electron chi connectivity index (χ3n) is 2.93. The highest BCUT2D eigenvalue weighted by molar-refractivity contribution is 5.87. The number of nitrogens with one attached hydrogen (secondary N) is 3. The summed E-state index contributed by atoms with van der Waals surface area (Å²) in [4.78, 5) is 11.6. The fourth-order valence-corrected chi connectivity index (χ4v) is 1.99. The van der Waals surface area contributed by atoms with Gasteiger partial charge in [-0.3, -0.25) is 5.32 Å². The highest BCUT2D eigenvalue weighted by Crippen LogP contribution is 2.12. The van der Waals surface area contributed by atoms with E-state index in [1.807, 2.05) is 13.0 Å². The van der Waals surface area contributed by atoms with E-state index in [-0.39, 0.29) is 6.03 Å². The molecule has 0 spiro atoms. The van der Waals surface area contributed by atoms with Gasteiger partial charge in [0.2, 0.25) is 5.88 Å². The van der Waals surface area contributed by atoms with Gasteiger partial charge < -0.3 is 15.1 Å². The summed E-state index contributed by atoms with van der Waals surface area (Å²) in [6.45, 7) is 4.63. The second kappa shape index (κ2) is 5.72. The van der Waals surface area contributed by atoms with E-state index in [0.29, 0.717) is 18.3 Å². The molecule has 17 heavy (non-hydrogen) atoms. The summed E-state index contributed by atoms with van der Waals surface area (Å²) in [5.74, 6) is 1.81. The number of hydrogen-bond donors (Lipinski definition) is 3. The minimum absolute atomic E-state index is 0.204. The van der Waals surface area contributed by atoms with Gasteiger partial charge >= 0.3 is 6.03 Å². The van der Waals surface area contributed by atoms with Gasteiger partial charge in [-0.1, -0.05) is 0 Å². The molecule has 0 radical (unpaired) electrons. The van der Waals surface area contributed by atoms with Crippen molar-refractivity contribution in [1.29, 1.82) is 0 Å². The fourth-order valence-electron chi connectivity index (χ4n) is 1.99. The second-order valence-corrected chi connectivity index (χ2v) is 4.46. The largest absolute Gasteiger partial charge is 0.446 e. The number of carbonyl (C=O) groups excluding carboxylic acids is 1. The van der Waals surface area contributed by atoms with Gasteiger partial charge in [0, 0.05) is 12.6 Å². The summed E-state index contributed by atoms with van der Waals surface area (Å²) in [6.07, 6.45) is 2.36. The molecule has 1 fully saturated rings. The first-order valence-electron chi connectivity index (χ1n) is 6.06. The Hall–Kier alpha value is -1.49. The van der Waals surface area contributed by atoms with Crippen molar-refractivity contribution in [3.8, 4) is 0 Å². The molecule has 0 bridgehead atoms. The van der Waals surface area contributed by atoms with Crippen LogP contribution in [0.3, 0.4) is 0 Å². The number of rotatable bonds is 3. The van der Waals surface area contributed by atoms with Crippen LogP contribution in [0.2, 0.25) is 0 Å². The van der Waals surface area contributed by atoms with E-state index < -0.39 is 0 Å². The van der Waals surface area contributed by atoms with Gasteiger partial charge in [0.05, 0.1) is 0 Å². The number of furan rings is 1. The monoisotopic (exact) mass is 237 g/mol. The molecule has 5 heteroatoms. The Bertz CT molecular complexity index is 370. The first kappa shape index (κ1) is 12.0. The van der Waals surface area contributed by atoms with Gasteiger partial charge in [-0.2, -0.15) is 0 Å². The lowest BCUT2D eigenvalue weighted by Gasteiger charge is -2.22. The van der Waals surface area contributed by atoms with Crippen LogP contribution < -0.4 is 16.0 Å². The molecular formula is C12H19N3O2. The van der Waals surface area contributed by atoms with E-state index in [4.69, 9.17) is 4.42 Å². The molecule has 1 unspecified atom stereocenters. The minimum Gasteiger partial charge on any atom is -0.446 e. The van der Waals surface area contributed by atoms with E-state index in [9.17, 15) is 4.79 Å². The van der Waals surface area contributed by atoms with Gasteiger partial charge in [-0.05, 0) is 44.8 Å². The quantitative estimate of drug-likeness (QED) is 0.749. The zero-order valence-corrected chi connectivity index (χ0v) is 10.1. The molecule has 3 N–H and O–H groups in total. The Morgan fingerprint density at radius 3 is 3.12 bits per heavy atom. The number of aryl methyl sites for hydroxylation is 1. The average Bonchev–Trinajstić information content (AvgIpc) is 2.73. The van der Waals surface area contributed by atoms with E-state index in [1.165, 1.54) is 12.8 Å². The molecule has 1 atom stereocenters. The Kier molecular flexibility index (Phi) is 4.03. The van der Waals surface area contributed by atoms with Crippen molar-refractivity contribution in [1.82, 2.24) is 10.6 Å². The molecule has 2 heterocycles. The SMILES string of the molecule is Cc1ccc(NC(=O)NCC2CCCNC2)o1. The molecule has 1 aliphatic rings. The summed E-state index contributed by atoms with van der Waals surface area (Å²) < 4.78 is 5.26. The van der Waals surface area contributed by atoms with Crippen LogP contribution in [0.4, 0.5) is 10.7 Å². The Morgan fingerprint density at radius 1 is 1.59 bits per heavy atom. The maximum Gasteiger partial charge on any atom is 0.321 e. The summed E-state index contributed by atoms with van der Waals surface area (Å²) in [7, 11) is 0. The summed E-state index contributed by atoms with van der Waals surface area (Å²) in [6, 6.07) is 3.36. The molecule has 5 nitrogen and oxygen atoms in total. The van der Waals surface area contributed by atoms with Crippen molar-refractivity contribution in [3.05, 3.63) is 17.9 Å². The van der Waals surface area contributed by atoms with E-state index >= 15 is 0 Å². The number of piperidine rings is 1. The Labute approximate surface area is 101 Å². The summed E-state index contributed by atoms with van der Waals surface area (Å²) >= 11 is 0.